The molecule has 2 nitrogen and oxygen atoms in total. The van der Waals surface area contributed by atoms with Gasteiger partial charge in [-0.2, -0.15) is 0 Å². The van der Waals surface area contributed by atoms with Crippen LogP contribution in [0.15, 0.2) is 18.2 Å². The summed E-state index contributed by atoms with van der Waals surface area (Å²) in [4.78, 5) is 2.43. The lowest BCUT2D eigenvalue weighted by molar-refractivity contribution is 0.515. The lowest BCUT2D eigenvalue weighted by atomic mass is 10.1. The number of rotatable bonds is 4. The van der Waals surface area contributed by atoms with Crippen molar-refractivity contribution >= 4 is 39.9 Å². The third-order valence-corrected chi connectivity index (χ3v) is 4.78. The summed E-state index contributed by atoms with van der Waals surface area (Å²) in [6.45, 7) is 3.44. The summed E-state index contributed by atoms with van der Waals surface area (Å²) in [6.07, 6.45) is 4.03. The van der Waals surface area contributed by atoms with Crippen molar-refractivity contribution in [2.75, 3.05) is 24.5 Å². The van der Waals surface area contributed by atoms with Gasteiger partial charge < -0.3 is 10.2 Å². The van der Waals surface area contributed by atoms with E-state index in [1.165, 1.54) is 35.1 Å². The second-order valence-corrected chi connectivity index (χ2v) is 7.03. The molecule has 0 radical (unpaired) electrons. The molecule has 1 saturated heterocycles. The molecule has 2 aliphatic rings. The van der Waals surface area contributed by atoms with Gasteiger partial charge in [0, 0.05) is 22.7 Å². The van der Waals surface area contributed by atoms with E-state index in [9.17, 15) is 0 Å². The Balaban J connectivity index is 1.59. The zero-order valence-corrected chi connectivity index (χ0v) is 13.2. The van der Waals surface area contributed by atoms with Crippen LogP contribution in [0.2, 0.25) is 5.02 Å². The van der Waals surface area contributed by atoms with Gasteiger partial charge in [-0.05, 0) is 72.5 Å². The van der Waals surface area contributed by atoms with E-state index in [0.29, 0.717) is 0 Å². The van der Waals surface area contributed by atoms with E-state index in [0.717, 1.165) is 30.1 Å². The molecule has 1 atom stereocenters. The Labute approximate surface area is 127 Å². The van der Waals surface area contributed by atoms with E-state index < -0.39 is 0 Å². The summed E-state index contributed by atoms with van der Waals surface area (Å²) in [5.41, 5.74) is 1.20. The maximum atomic E-state index is 6.33. The normalized spacial score (nSPS) is 23.7. The van der Waals surface area contributed by atoms with Crippen LogP contribution in [-0.4, -0.2) is 25.7 Å². The fourth-order valence-corrected chi connectivity index (χ4v) is 3.55. The first-order valence-electron chi connectivity index (χ1n) is 6.66. The second kappa shape index (κ2) is 5.55. The van der Waals surface area contributed by atoms with Crippen LogP contribution in [0.5, 0.6) is 0 Å². The van der Waals surface area contributed by atoms with Crippen molar-refractivity contribution in [3.63, 3.8) is 0 Å². The van der Waals surface area contributed by atoms with Gasteiger partial charge in [-0.25, -0.2) is 0 Å². The maximum absolute atomic E-state index is 6.33. The highest BCUT2D eigenvalue weighted by atomic mass is 127. The predicted molar refractivity (Wildman–Crippen MR) is 85.5 cm³/mol. The predicted octanol–water partition coefficient (Wildman–Crippen LogP) is 3.52. The molecule has 3 rings (SSSR count). The zero-order valence-electron chi connectivity index (χ0n) is 10.3. The van der Waals surface area contributed by atoms with Crippen LogP contribution in [-0.2, 0) is 0 Å². The molecule has 0 bridgehead atoms. The Morgan fingerprint density at radius 2 is 2.17 bits per heavy atom. The summed E-state index contributed by atoms with van der Waals surface area (Å²) in [5.74, 6) is 0.779. The molecule has 1 aromatic carbocycles. The highest BCUT2D eigenvalue weighted by molar-refractivity contribution is 14.1. The molecule has 1 aliphatic carbocycles. The molecule has 1 unspecified atom stereocenters. The maximum Gasteiger partial charge on any atom is 0.0650 e. The van der Waals surface area contributed by atoms with Crippen molar-refractivity contribution in [2.45, 2.75) is 25.3 Å². The molecule has 0 aromatic heterocycles. The average Bonchev–Trinajstić information content (AvgIpc) is 3.05. The Kier molecular flexibility index (Phi) is 4.01. The Morgan fingerprint density at radius 3 is 2.89 bits per heavy atom. The molecule has 1 saturated carbocycles. The van der Waals surface area contributed by atoms with Crippen molar-refractivity contribution < 1.29 is 0 Å². The minimum atomic E-state index is 0.779. The molecule has 1 heterocycles. The highest BCUT2D eigenvalue weighted by Gasteiger charge is 2.27. The average molecular weight is 377 g/mol. The number of benzene rings is 1. The lowest BCUT2D eigenvalue weighted by Crippen LogP contribution is -2.27. The summed E-state index contributed by atoms with van der Waals surface area (Å²) < 4.78 is 1.20. The van der Waals surface area contributed by atoms with Crippen molar-refractivity contribution in [2.24, 2.45) is 5.92 Å². The number of hydrogen-bond donors (Lipinski definition) is 1. The summed E-state index contributed by atoms with van der Waals surface area (Å²) >= 11 is 8.64. The number of nitrogens with zero attached hydrogens (tertiary/aromatic N) is 1. The van der Waals surface area contributed by atoms with Gasteiger partial charge in [-0.3, -0.25) is 0 Å². The topological polar surface area (TPSA) is 15.3 Å². The van der Waals surface area contributed by atoms with Crippen LogP contribution in [0.1, 0.15) is 19.3 Å². The molecule has 98 valence electrons. The van der Waals surface area contributed by atoms with Crippen LogP contribution in [0.25, 0.3) is 0 Å². The molecule has 0 spiro atoms. The van der Waals surface area contributed by atoms with E-state index in [2.05, 4.69) is 44.9 Å². The molecular formula is C14H18ClIN2. The second-order valence-electron chi connectivity index (χ2n) is 5.38. The van der Waals surface area contributed by atoms with E-state index in [1.54, 1.807) is 0 Å². The monoisotopic (exact) mass is 376 g/mol. The van der Waals surface area contributed by atoms with Crippen LogP contribution in [0.3, 0.4) is 0 Å². The Bertz CT molecular complexity index is 434. The van der Waals surface area contributed by atoms with Crippen molar-refractivity contribution in [1.82, 2.24) is 5.32 Å². The summed E-state index contributed by atoms with van der Waals surface area (Å²) in [5, 5.41) is 4.52. The number of halogens is 2. The van der Waals surface area contributed by atoms with Crippen molar-refractivity contribution in [3.8, 4) is 0 Å². The van der Waals surface area contributed by atoms with Crippen LogP contribution >= 0.6 is 34.2 Å². The van der Waals surface area contributed by atoms with Gasteiger partial charge in [0.05, 0.1) is 10.7 Å². The van der Waals surface area contributed by atoms with Crippen molar-refractivity contribution in [3.05, 3.63) is 26.8 Å². The Morgan fingerprint density at radius 1 is 1.33 bits per heavy atom. The van der Waals surface area contributed by atoms with Gasteiger partial charge in [0.1, 0.15) is 0 Å². The highest BCUT2D eigenvalue weighted by Crippen LogP contribution is 2.31. The molecule has 0 amide bonds. The summed E-state index contributed by atoms with van der Waals surface area (Å²) in [7, 11) is 0. The minimum Gasteiger partial charge on any atom is -0.370 e. The lowest BCUT2D eigenvalue weighted by Gasteiger charge is -2.20. The molecule has 1 aliphatic heterocycles. The quantitative estimate of drug-likeness (QED) is 0.809. The fraction of sp³-hybridized carbons (Fsp3) is 0.571. The first-order chi connectivity index (χ1) is 8.72. The molecule has 1 aromatic rings. The van der Waals surface area contributed by atoms with E-state index in [-0.39, 0.29) is 0 Å². The van der Waals surface area contributed by atoms with E-state index in [1.807, 2.05) is 6.07 Å². The third kappa shape index (κ3) is 3.11. The van der Waals surface area contributed by atoms with Gasteiger partial charge >= 0.3 is 0 Å². The number of nitrogens with one attached hydrogen (secondary N) is 1. The largest absolute Gasteiger partial charge is 0.370 e. The van der Waals surface area contributed by atoms with Crippen LogP contribution < -0.4 is 10.2 Å². The van der Waals surface area contributed by atoms with Gasteiger partial charge in [-0.15, -0.1) is 0 Å². The van der Waals surface area contributed by atoms with E-state index >= 15 is 0 Å². The standard InChI is InChI=1S/C14H18ClIN2/c15-13-7-11(16)1-4-14(13)18-6-5-10(9-18)8-17-12-2-3-12/h1,4,7,10,12,17H,2-3,5-6,8-9H2. The molecule has 4 heteroatoms. The third-order valence-electron chi connectivity index (χ3n) is 3.81. The molecular weight excluding hydrogens is 359 g/mol. The van der Waals surface area contributed by atoms with Crippen molar-refractivity contribution in [1.29, 1.82) is 0 Å². The zero-order chi connectivity index (χ0) is 12.5. The van der Waals surface area contributed by atoms with Crippen LogP contribution in [0.4, 0.5) is 5.69 Å². The van der Waals surface area contributed by atoms with Crippen LogP contribution in [0, 0.1) is 9.49 Å². The van der Waals surface area contributed by atoms with Gasteiger partial charge in [0.25, 0.3) is 0 Å². The van der Waals surface area contributed by atoms with Gasteiger partial charge in [-0.1, -0.05) is 11.6 Å². The number of hydrogen-bond acceptors (Lipinski definition) is 2. The molecule has 1 N–H and O–H groups in total. The fourth-order valence-electron chi connectivity index (χ4n) is 2.58. The van der Waals surface area contributed by atoms with Gasteiger partial charge in [0.15, 0.2) is 0 Å². The minimum absolute atomic E-state index is 0.779. The molecule has 18 heavy (non-hydrogen) atoms. The first kappa shape index (κ1) is 13.0. The Hall–Kier alpha value is -0.000000000000000132. The van der Waals surface area contributed by atoms with Gasteiger partial charge in [0.2, 0.25) is 0 Å². The SMILES string of the molecule is Clc1cc(I)ccc1N1CCC(CNC2CC2)C1. The number of anilines is 1. The first-order valence-corrected chi connectivity index (χ1v) is 8.11. The smallest absolute Gasteiger partial charge is 0.0650 e. The summed E-state index contributed by atoms with van der Waals surface area (Å²) in [6, 6.07) is 7.16. The molecule has 2 fully saturated rings. The van der Waals surface area contributed by atoms with E-state index in [4.69, 9.17) is 11.6 Å².